The molecule has 0 amide bonds. The number of ether oxygens (including phenoxy) is 2. The van der Waals surface area contributed by atoms with Gasteiger partial charge in [-0.05, 0) is 61.6 Å². The van der Waals surface area contributed by atoms with Gasteiger partial charge in [-0.25, -0.2) is 8.42 Å². The number of anilines is 2. The molecule has 3 fully saturated rings. The van der Waals surface area contributed by atoms with Crippen molar-refractivity contribution in [1.29, 1.82) is 0 Å². The van der Waals surface area contributed by atoms with Gasteiger partial charge in [-0.2, -0.15) is 14.1 Å². The van der Waals surface area contributed by atoms with Crippen LogP contribution in [0, 0.1) is 5.41 Å². The summed E-state index contributed by atoms with van der Waals surface area (Å²) in [6.45, 7) is 5.51. The van der Waals surface area contributed by atoms with Crippen LogP contribution in [0.25, 0.3) is 5.69 Å². The van der Waals surface area contributed by atoms with Crippen molar-refractivity contribution < 1.29 is 17.9 Å². The highest BCUT2D eigenvalue weighted by molar-refractivity contribution is 7.88. The first kappa shape index (κ1) is 29.9. The Bertz CT molecular complexity index is 1610. The Labute approximate surface area is 257 Å². The molecule has 2 aliphatic heterocycles. The maximum atomic E-state index is 13.6. The fourth-order valence-electron chi connectivity index (χ4n) is 5.50. The average molecular weight is 628 g/mol. The molecular weight excluding hydrogens is 590 g/mol. The quantitative estimate of drug-likeness (QED) is 0.335. The molecule has 1 unspecified atom stereocenters. The maximum absolute atomic E-state index is 13.6. The van der Waals surface area contributed by atoms with Gasteiger partial charge in [0.05, 0.1) is 30.3 Å². The first-order valence-electron chi connectivity index (χ1n) is 14.9. The predicted molar refractivity (Wildman–Crippen MR) is 168 cm³/mol. The van der Waals surface area contributed by atoms with Crippen molar-refractivity contribution in [1.82, 2.24) is 14.1 Å². The highest BCUT2D eigenvalue weighted by Gasteiger charge is 2.39. The van der Waals surface area contributed by atoms with Crippen molar-refractivity contribution in [3.8, 4) is 11.4 Å². The van der Waals surface area contributed by atoms with E-state index in [9.17, 15) is 13.2 Å². The number of benzene rings is 2. The Morgan fingerprint density at radius 2 is 1.91 bits per heavy atom. The fourth-order valence-corrected chi connectivity index (χ4v) is 7.19. The van der Waals surface area contributed by atoms with Crippen molar-refractivity contribution in [2.75, 3.05) is 56.2 Å². The summed E-state index contributed by atoms with van der Waals surface area (Å²) >= 11 is 6.17. The summed E-state index contributed by atoms with van der Waals surface area (Å²) in [5.74, 6) is 0.152. The van der Waals surface area contributed by atoms with Crippen molar-refractivity contribution >= 4 is 33.0 Å². The molecular formula is C31H38ClN5O5S. The number of halogens is 1. The zero-order valence-electron chi connectivity index (χ0n) is 24.4. The second kappa shape index (κ2) is 12.5. The van der Waals surface area contributed by atoms with E-state index in [0.717, 1.165) is 43.5 Å². The molecule has 0 spiro atoms. The summed E-state index contributed by atoms with van der Waals surface area (Å²) in [6.07, 6.45) is 6.06. The Morgan fingerprint density at radius 1 is 1.12 bits per heavy atom. The smallest absolute Gasteiger partial charge is 0.316 e. The largest absolute Gasteiger partial charge is 0.486 e. The van der Waals surface area contributed by atoms with E-state index < -0.39 is 10.0 Å². The highest BCUT2D eigenvalue weighted by atomic mass is 35.5. The van der Waals surface area contributed by atoms with Crippen LogP contribution in [0.4, 0.5) is 11.4 Å². The summed E-state index contributed by atoms with van der Waals surface area (Å²) in [5, 5.41) is 8.31. The van der Waals surface area contributed by atoms with Crippen molar-refractivity contribution in [2.45, 2.75) is 44.5 Å². The summed E-state index contributed by atoms with van der Waals surface area (Å²) in [7, 11) is -3.55. The van der Waals surface area contributed by atoms with Gasteiger partial charge in [0.25, 0.3) is 0 Å². The lowest BCUT2D eigenvalue weighted by Crippen LogP contribution is -2.49. The average Bonchev–Trinajstić information content (AvgIpc) is 3.49. The van der Waals surface area contributed by atoms with E-state index in [2.05, 4.69) is 17.3 Å². The molecule has 10 nitrogen and oxygen atoms in total. The van der Waals surface area contributed by atoms with Crippen molar-refractivity contribution in [3.63, 3.8) is 0 Å². The van der Waals surface area contributed by atoms with E-state index >= 15 is 0 Å². The molecule has 12 heteroatoms. The SMILES string of the molecule is CC1(COc2c(N3CCN(S(=O)(=O)Cc4cccc(NCC5CCCO5)c4)CC3)cnn(-c3cccc(Cl)c3)c2=O)CC1. The molecule has 0 bridgehead atoms. The van der Waals surface area contributed by atoms with Gasteiger partial charge in [-0.1, -0.05) is 36.7 Å². The lowest BCUT2D eigenvalue weighted by molar-refractivity contribution is 0.120. The van der Waals surface area contributed by atoms with Gasteiger partial charge in [0, 0.05) is 55.5 Å². The molecule has 3 aromatic rings. The van der Waals surface area contributed by atoms with Crippen LogP contribution >= 0.6 is 11.6 Å². The third kappa shape index (κ3) is 7.17. The summed E-state index contributed by atoms with van der Waals surface area (Å²) in [6, 6.07) is 14.5. The number of hydrogen-bond acceptors (Lipinski definition) is 8. The molecule has 1 aliphatic carbocycles. The molecule has 3 heterocycles. The van der Waals surface area contributed by atoms with E-state index in [4.69, 9.17) is 21.1 Å². The van der Waals surface area contributed by atoms with Gasteiger partial charge in [-0.15, -0.1) is 0 Å². The second-order valence-electron chi connectivity index (χ2n) is 12.0. The summed E-state index contributed by atoms with van der Waals surface area (Å²) in [5.41, 5.74) is 2.45. The van der Waals surface area contributed by atoms with Crippen LogP contribution < -0.4 is 20.5 Å². The second-order valence-corrected chi connectivity index (χ2v) is 14.4. The molecule has 0 radical (unpaired) electrons. The molecule has 43 heavy (non-hydrogen) atoms. The monoisotopic (exact) mass is 627 g/mol. The molecule has 2 aromatic carbocycles. The van der Waals surface area contributed by atoms with Crippen LogP contribution in [0.3, 0.4) is 0 Å². The zero-order chi connectivity index (χ0) is 30.0. The topological polar surface area (TPSA) is 106 Å². The molecule has 1 aromatic heterocycles. The van der Waals surface area contributed by atoms with E-state index in [1.807, 2.05) is 29.2 Å². The van der Waals surface area contributed by atoms with Crippen LogP contribution in [0.15, 0.2) is 59.5 Å². The van der Waals surface area contributed by atoms with Gasteiger partial charge >= 0.3 is 5.56 Å². The number of piperazine rings is 1. The van der Waals surface area contributed by atoms with Gasteiger partial charge in [0.2, 0.25) is 15.8 Å². The standard InChI is InChI=1S/C31H38ClN5O5S/c1-31(10-11-31)22-42-29-28(20-34-37(30(29)38)26-8-3-6-24(32)18-26)35-12-14-36(15-13-35)43(39,40)21-23-5-2-7-25(17-23)33-19-27-9-4-16-41-27/h2-3,5-8,17-18,20,27,33H,4,9-16,19,21-22H2,1H3. The van der Waals surface area contributed by atoms with Crippen LogP contribution in [0.5, 0.6) is 5.75 Å². The van der Waals surface area contributed by atoms with Crippen LogP contribution in [-0.2, 0) is 20.5 Å². The number of rotatable bonds is 11. The zero-order valence-corrected chi connectivity index (χ0v) is 25.9. The van der Waals surface area contributed by atoms with Gasteiger partial charge in [0.15, 0.2) is 0 Å². The highest BCUT2D eigenvalue weighted by Crippen LogP contribution is 2.45. The van der Waals surface area contributed by atoms with Gasteiger partial charge < -0.3 is 19.7 Å². The molecule has 230 valence electrons. The molecule has 2 saturated heterocycles. The van der Waals surface area contributed by atoms with Crippen molar-refractivity contribution in [2.24, 2.45) is 5.41 Å². The van der Waals surface area contributed by atoms with Crippen molar-refractivity contribution in [3.05, 3.63) is 75.7 Å². The third-order valence-electron chi connectivity index (χ3n) is 8.44. The number of aromatic nitrogens is 2. The minimum Gasteiger partial charge on any atom is -0.486 e. The molecule has 1 N–H and O–H groups in total. The Balaban J connectivity index is 1.14. The predicted octanol–water partition coefficient (Wildman–Crippen LogP) is 4.31. The third-order valence-corrected chi connectivity index (χ3v) is 10.5. The minimum absolute atomic E-state index is 0.0672. The minimum atomic E-state index is -3.55. The lowest BCUT2D eigenvalue weighted by Gasteiger charge is -2.35. The van der Waals surface area contributed by atoms with Gasteiger partial charge in [-0.3, -0.25) is 4.79 Å². The van der Waals surface area contributed by atoms with E-state index in [0.29, 0.717) is 55.7 Å². The number of nitrogens with one attached hydrogen (secondary N) is 1. The van der Waals surface area contributed by atoms with E-state index in [1.54, 1.807) is 30.5 Å². The summed E-state index contributed by atoms with van der Waals surface area (Å²) in [4.78, 5) is 15.6. The van der Waals surface area contributed by atoms with E-state index in [1.165, 1.54) is 8.99 Å². The van der Waals surface area contributed by atoms with Crippen LogP contribution in [0.1, 0.15) is 38.2 Å². The number of hydrogen-bond donors (Lipinski definition) is 1. The lowest BCUT2D eigenvalue weighted by atomic mass is 10.2. The molecule has 1 atom stereocenters. The van der Waals surface area contributed by atoms with Gasteiger partial charge in [0.1, 0.15) is 5.69 Å². The fraction of sp³-hybridized carbons (Fsp3) is 0.484. The van der Waals surface area contributed by atoms with E-state index in [-0.39, 0.29) is 28.6 Å². The molecule has 3 aliphatic rings. The van der Waals surface area contributed by atoms with Crippen LogP contribution in [-0.4, -0.2) is 74.5 Å². The number of nitrogens with zero attached hydrogens (tertiary/aromatic N) is 4. The normalized spacial score (nSPS) is 20.2. The maximum Gasteiger partial charge on any atom is 0.316 e. The number of sulfonamides is 1. The van der Waals surface area contributed by atoms with Crippen LogP contribution in [0.2, 0.25) is 5.02 Å². The Morgan fingerprint density at radius 3 is 2.63 bits per heavy atom. The first-order chi connectivity index (χ1) is 20.7. The molecule has 1 saturated carbocycles. The molecule has 6 rings (SSSR count). The Hall–Kier alpha value is -3.12. The first-order valence-corrected chi connectivity index (χ1v) is 16.9. The Kier molecular flexibility index (Phi) is 8.68. The summed E-state index contributed by atoms with van der Waals surface area (Å²) < 4.78 is 41.5.